The summed E-state index contributed by atoms with van der Waals surface area (Å²) < 4.78 is 0. The van der Waals surface area contributed by atoms with Gasteiger partial charge in [0, 0.05) is 29.9 Å². The lowest BCUT2D eigenvalue weighted by atomic mass is 9.95. The normalized spacial score (nSPS) is 12.4. The van der Waals surface area contributed by atoms with Crippen molar-refractivity contribution in [2.75, 3.05) is 0 Å². The standard InChI is InChI=1S/C20H30N2O/c1-3-5-7-10-16(17-11-9-15-21-17)18-13-14-19(22-18)20(23)12-8-6-4-2/h9,11,13-16,21-22H,3-8,10,12H2,1-2H3. The van der Waals surface area contributed by atoms with Gasteiger partial charge >= 0.3 is 0 Å². The van der Waals surface area contributed by atoms with Gasteiger partial charge in [-0.2, -0.15) is 0 Å². The van der Waals surface area contributed by atoms with Crippen molar-refractivity contribution in [1.29, 1.82) is 0 Å². The highest BCUT2D eigenvalue weighted by Crippen LogP contribution is 2.28. The molecule has 3 heteroatoms. The van der Waals surface area contributed by atoms with Crippen LogP contribution < -0.4 is 0 Å². The van der Waals surface area contributed by atoms with Gasteiger partial charge in [-0.15, -0.1) is 0 Å². The topological polar surface area (TPSA) is 48.6 Å². The van der Waals surface area contributed by atoms with E-state index in [1.807, 2.05) is 18.3 Å². The number of Topliss-reactive ketones (excluding diaryl/α,β-unsaturated/α-hetero) is 1. The number of aromatic nitrogens is 2. The van der Waals surface area contributed by atoms with Gasteiger partial charge in [0.25, 0.3) is 0 Å². The van der Waals surface area contributed by atoms with Crippen LogP contribution in [0.25, 0.3) is 0 Å². The largest absolute Gasteiger partial charge is 0.364 e. The van der Waals surface area contributed by atoms with E-state index < -0.39 is 0 Å². The Bertz CT molecular complexity index is 568. The highest BCUT2D eigenvalue weighted by atomic mass is 16.1. The Morgan fingerprint density at radius 1 is 1.00 bits per heavy atom. The van der Waals surface area contributed by atoms with Gasteiger partial charge in [-0.1, -0.05) is 46.0 Å². The van der Waals surface area contributed by atoms with Crippen molar-refractivity contribution in [3.05, 3.63) is 47.5 Å². The van der Waals surface area contributed by atoms with E-state index in [0.29, 0.717) is 12.3 Å². The minimum atomic E-state index is 0.239. The van der Waals surface area contributed by atoms with Crippen LogP contribution in [-0.2, 0) is 0 Å². The Labute approximate surface area is 139 Å². The van der Waals surface area contributed by atoms with Crippen molar-refractivity contribution in [3.8, 4) is 0 Å². The lowest BCUT2D eigenvalue weighted by Crippen LogP contribution is -2.04. The molecule has 0 amide bonds. The quantitative estimate of drug-likeness (QED) is 0.398. The lowest BCUT2D eigenvalue weighted by molar-refractivity contribution is 0.0975. The second-order valence-electron chi connectivity index (χ2n) is 6.38. The summed E-state index contributed by atoms with van der Waals surface area (Å²) in [7, 11) is 0. The molecule has 23 heavy (non-hydrogen) atoms. The van der Waals surface area contributed by atoms with Gasteiger partial charge in [0.15, 0.2) is 5.78 Å². The number of rotatable bonds is 11. The summed E-state index contributed by atoms with van der Waals surface area (Å²) in [6, 6.07) is 8.23. The molecule has 1 atom stereocenters. The number of H-pyrrole nitrogens is 2. The molecule has 0 aliphatic rings. The predicted molar refractivity (Wildman–Crippen MR) is 96.0 cm³/mol. The molecule has 2 rings (SSSR count). The summed E-state index contributed by atoms with van der Waals surface area (Å²) in [6.45, 7) is 4.39. The molecule has 0 saturated carbocycles. The molecule has 0 aliphatic heterocycles. The van der Waals surface area contributed by atoms with Crippen LogP contribution in [0.4, 0.5) is 0 Å². The van der Waals surface area contributed by atoms with Gasteiger partial charge in [0.2, 0.25) is 0 Å². The zero-order chi connectivity index (χ0) is 16.5. The van der Waals surface area contributed by atoms with E-state index in [1.54, 1.807) is 0 Å². The van der Waals surface area contributed by atoms with Crippen LogP contribution in [0, 0.1) is 0 Å². The van der Waals surface area contributed by atoms with Gasteiger partial charge in [-0.25, -0.2) is 0 Å². The number of hydrogen-bond acceptors (Lipinski definition) is 1. The number of unbranched alkanes of at least 4 members (excludes halogenated alkanes) is 4. The van der Waals surface area contributed by atoms with Crippen molar-refractivity contribution in [3.63, 3.8) is 0 Å². The highest BCUT2D eigenvalue weighted by molar-refractivity contribution is 5.94. The first-order valence-corrected chi connectivity index (χ1v) is 9.11. The third-order valence-electron chi connectivity index (χ3n) is 4.49. The summed E-state index contributed by atoms with van der Waals surface area (Å²) in [5.41, 5.74) is 3.15. The van der Waals surface area contributed by atoms with E-state index in [9.17, 15) is 4.79 Å². The van der Waals surface area contributed by atoms with E-state index in [-0.39, 0.29) is 5.78 Å². The van der Waals surface area contributed by atoms with Crippen LogP contribution in [0.2, 0.25) is 0 Å². The van der Waals surface area contributed by atoms with Crippen LogP contribution in [-0.4, -0.2) is 15.8 Å². The second kappa shape index (κ2) is 9.39. The molecule has 0 radical (unpaired) electrons. The molecule has 0 aliphatic carbocycles. The molecule has 2 aromatic rings. The van der Waals surface area contributed by atoms with Crippen LogP contribution in [0.5, 0.6) is 0 Å². The fourth-order valence-corrected chi connectivity index (χ4v) is 3.09. The minimum Gasteiger partial charge on any atom is -0.364 e. The summed E-state index contributed by atoms with van der Waals surface area (Å²) in [6.07, 6.45) is 10.7. The van der Waals surface area contributed by atoms with Crippen molar-refractivity contribution < 1.29 is 4.79 Å². The first-order chi connectivity index (χ1) is 11.3. The molecule has 3 nitrogen and oxygen atoms in total. The maximum atomic E-state index is 12.3. The average Bonchev–Trinajstić information content (AvgIpc) is 3.23. The monoisotopic (exact) mass is 314 g/mol. The molecule has 2 aromatic heterocycles. The summed E-state index contributed by atoms with van der Waals surface area (Å²) >= 11 is 0. The van der Waals surface area contributed by atoms with Crippen molar-refractivity contribution >= 4 is 5.78 Å². The smallest absolute Gasteiger partial charge is 0.179 e. The Morgan fingerprint density at radius 2 is 1.78 bits per heavy atom. The average molecular weight is 314 g/mol. The third-order valence-corrected chi connectivity index (χ3v) is 4.49. The molecule has 126 valence electrons. The molecule has 0 aromatic carbocycles. The first-order valence-electron chi connectivity index (χ1n) is 9.11. The van der Waals surface area contributed by atoms with Crippen molar-refractivity contribution in [2.24, 2.45) is 0 Å². The molecule has 1 unspecified atom stereocenters. The zero-order valence-corrected chi connectivity index (χ0v) is 14.5. The van der Waals surface area contributed by atoms with E-state index >= 15 is 0 Å². The number of aromatic amines is 2. The number of nitrogens with one attached hydrogen (secondary N) is 2. The summed E-state index contributed by atoms with van der Waals surface area (Å²) in [5, 5.41) is 0. The maximum Gasteiger partial charge on any atom is 0.179 e. The number of hydrogen-bond donors (Lipinski definition) is 2. The maximum absolute atomic E-state index is 12.3. The van der Waals surface area contributed by atoms with Gasteiger partial charge in [0.05, 0.1) is 5.69 Å². The second-order valence-corrected chi connectivity index (χ2v) is 6.38. The van der Waals surface area contributed by atoms with Gasteiger partial charge < -0.3 is 9.97 Å². The van der Waals surface area contributed by atoms with E-state index in [2.05, 4.69) is 35.9 Å². The zero-order valence-electron chi connectivity index (χ0n) is 14.5. The SMILES string of the molecule is CCCCCC(=O)c1ccc(C(CCCCC)c2ccc[nH]2)[nH]1. The molecular formula is C20H30N2O. The van der Waals surface area contributed by atoms with E-state index in [1.165, 1.54) is 25.0 Å². The molecule has 0 saturated heterocycles. The predicted octanol–water partition coefficient (Wildman–Crippen LogP) is 5.82. The number of carbonyl (C=O) groups is 1. The molecule has 0 bridgehead atoms. The molecule has 0 spiro atoms. The van der Waals surface area contributed by atoms with E-state index in [0.717, 1.165) is 37.1 Å². The number of ketones is 1. The Balaban J connectivity index is 2.06. The molecule has 2 N–H and O–H groups in total. The van der Waals surface area contributed by atoms with Crippen LogP contribution in [0.3, 0.4) is 0 Å². The Kier molecular flexibility index (Phi) is 7.18. The Morgan fingerprint density at radius 3 is 2.48 bits per heavy atom. The minimum absolute atomic E-state index is 0.239. The first kappa shape index (κ1) is 17.6. The fourth-order valence-electron chi connectivity index (χ4n) is 3.09. The van der Waals surface area contributed by atoms with Crippen LogP contribution in [0.15, 0.2) is 30.5 Å². The lowest BCUT2D eigenvalue weighted by Gasteiger charge is -2.14. The number of carbonyl (C=O) groups excluding carboxylic acids is 1. The van der Waals surface area contributed by atoms with Gasteiger partial charge in [0.1, 0.15) is 0 Å². The van der Waals surface area contributed by atoms with Crippen molar-refractivity contribution in [1.82, 2.24) is 9.97 Å². The summed E-state index contributed by atoms with van der Waals surface area (Å²) in [4.78, 5) is 19.0. The van der Waals surface area contributed by atoms with Crippen LogP contribution in [0.1, 0.15) is 93.0 Å². The molecule has 2 heterocycles. The van der Waals surface area contributed by atoms with Gasteiger partial charge in [-0.05, 0) is 37.1 Å². The summed E-state index contributed by atoms with van der Waals surface area (Å²) in [5.74, 6) is 0.567. The van der Waals surface area contributed by atoms with Gasteiger partial charge in [-0.3, -0.25) is 4.79 Å². The van der Waals surface area contributed by atoms with Crippen LogP contribution >= 0.6 is 0 Å². The molecule has 0 fully saturated rings. The third kappa shape index (κ3) is 5.12. The fraction of sp³-hybridized carbons (Fsp3) is 0.550. The molecular weight excluding hydrogens is 284 g/mol. The highest BCUT2D eigenvalue weighted by Gasteiger charge is 2.18. The van der Waals surface area contributed by atoms with E-state index in [4.69, 9.17) is 0 Å². The Hall–Kier alpha value is -1.77. The van der Waals surface area contributed by atoms with Crippen molar-refractivity contribution in [2.45, 2.75) is 71.1 Å².